The van der Waals surface area contributed by atoms with Crippen molar-refractivity contribution in [3.63, 3.8) is 0 Å². The predicted molar refractivity (Wildman–Crippen MR) is 121 cm³/mol. The summed E-state index contributed by atoms with van der Waals surface area (Å²) in [6, 6.07) is 12.4. The van der Waals surface area contributed by atoms with Crippen LogP contribution < -0.4 is 4.90 Å². The lowest BCUT2D eigenvalue weighted by molar-refractivity contribution is 0.112. The Bertz CT molecular complexity index is 974. The van der Waals surface area contributed by atoms with Gasteiger partial charge in [-0.1, -0.05) is 29.8 Å². The molecule has 2 aliphatic heterocycles. The molecular weight excluding hydrogens is 382 g/mol. The molecule has 5 heteroatoms. The lowest BCUT2D eigenvalue weighted by Crippen LogP contribution is -2.34. The van der Waals surface area contributed by atoms with E-state index in [9.17, 15) is 4.79 Å². The first-order valence-corrected chi connectivity index (χ1v) is 10.6. The molecule has 0 amide bonds. The lowest BCUT2D eigenvalue weighted by atomic mass is 9.82. The SMILES string of the molecule is CN=C1N(c2cccc(Cl)c2C=O)c2ccc(C3CCN(C)CC3)cc2C1(C)C. The number of benzene rings is 2. The number of carbonyl (C=O) groups is 1. The summed E-state index contributed by atoms with van der Waals surface area (Å²) in [5, 5.41) is 0.460. The molecule has 0 N–H and O–H groups in total. The molecular formula is C24H28ClN3O. The number of nitrogens with zero attached hydrogens (tertiary/aromatic N) is 3. The van der Waals surface area contributed by atoms with Crippen molar-refractivity contribution < 1.29 is 4.79 Å². The van der Waals surface area contributed by atoms with E-state index in [0.717, 1.165) is 36.6 Å². The van der Waals surface area contributed by atoms with Crippen LogP contribution in [0.3, 0.4) is 0 Å². The molecule has 2 aliphatic rings. The average molecular weight is 410 g/mol. The van der Waals surface area contributed by atoms with Gasteiger partial charge in [0, 0.05) is 12.5 Å². The first-order valence-electron chi connectivity index (χ1n) is 10.2. The maximum Gasteiger partial charge on any atom is 0.153 e. The summed E-state index contributed by atoms with van der Waals surface area (Å²) in [5.74, 6) is 1.53. The molecule has 152 valence electrons. The third-order valence-electron chi connectivity index (χ3n) is 6.50. The van der Waals surface area contributed by atoms with Crippen LogP contribution in [0.5, 0.6) is 0 Å². The molecule has 4 nitrogen and oxygen atoms in total. The fraction of sp³-hybridized carbons (Fsp3) is 0.417. The summed E-state index contributed by atoms with van der Waals surface area (Å²) in [6.45, 7) is 6.70. The van der Waals surface area contributed by atoms with Gasteiger partial charge in [0.1, 0.15) is 5.84 Å². The van der Waals surface area contributed by atoms with Gasteiger partial charge < -0.3 is 4.90 Å². The van der Waals surface area contributed by atoms with E-state index in [-0.39, 0.29) is 5.41 Å². The molecule has 0 bridgehead atoms. The number of aldehydes is 1. The maximum atomic E-state index is 11.8. The third-order valence-corrected chi connectivity index (χ3v) is 6.83. The van der Waals surface area contributed by atoms with E-state index in [1.165, 1.54) is 24.0 Å². The Hall–Kier alpha value is -2.17. The molecule has 2 aromatic carbocycles. The molecule has 1 saturated heterocycles. The normalized spacial score (nSPS) is 20.9. The zero-order chi connectivity index (χ0) is 20.8. The molecule has 0 atom stereocenters. The number of hydrogen-bond donors (Lipinski definition) is 0. The van der Waals surface area contributed by atoms with Crippen LogP contribution in [0.2, 0.25) is 5.02 Å². The minimum atomic E-state index is -0.256. The van der Waals surface area contributed by atoms with E-state index in [0.29, 0.717) is 16.5 Å². The molecule has 2 heterocycles. The Morgan fingerprint density at radius 1 is 1.14 bits per heavy atom. The van der Waals surface area contributed by atoms with E-state index in [1.54, 1.807) is 6.07 Å². The van der Waals surface area contributed by atoms with Gasteiger partial charge in [-0.15, -0.1) is 0 Å². The minimum absolute atomic E-state index is 0.256. The number of carbonyl (C=O) groups excluding carboxylic acids is 1. The summed E-state index contributed by atoms with van der Waals surface area (Å²) in [6.07, 6.45) is 3.22. The first-order chi connectivity index (χ1) is 13.9. The lowest BCUT2D eigenvalue weighted by Gasteiger charge is -2.30. The highest BCUT2D eigenvalue weighted by Gasteiger charge is 2.43. The zero-order valence-electron chi connectivity index (χ0n) is 17.6. The number of rotatable bonds is 3. The van der Waals surface area contributed by atoms with Gasteiger partial charge in [0.25, 0.3) is 0 Å². The molecule has 0 spiro atoms. The molecule has 0 radical (unpaired) electrons. The molecule has 0 aliphatic carbocycles. The van der Waals surface area contributed by atoms with Crippen molar-refractivity contribution in [3.05, 3.63) is 58.1 Å². The molecule has 0 aromatic heterocycles. The number of piperidine rings is 1. The van der Waals surface area contributed by atoms with Gasteiger partial charge in [0.2, 0.25) is 0 Å². The maximum absolute atomic E-state index is 11.8. The Morgan fingerprint density at radius 2 is 1.86 bits per heavy atom. The van der Waals surface area contributed by atoms with Gasteiger partial charge >= 0.3 is 0 Å². The number of halogens is 1. The van der Waals surface area contributed by atoms with Crippen molar-refractivity contribution in [1.29, 1.82) is 0 Å². The fourth-order valence-electron chi connectivity index (χ4n) is 4.82. The van der Waals surface area contributed by atoms with Gasteiger partial charge in [-0.2, -0.15) is 0 Å². The van der Waals surface area contributed by atoms with Gasteiger partial charge in [-0.25, -0.2) is 0 Å². The fourth-order valence-corrected chi connectivity index (χ4v) is 5.03. The monoisotopic (exact) mass is 409 g/mol. The van der Waals surface area contributed by atoms with Crippen LogP contribution >= 0.6 is 11.6 Å². The number of anilines is 2. The van der Waals surface area contributed by atoms with Gasteiger partial charge in [0.15, 0.2) is 6.29 Å². The molecule has 1 fully saturated rings. The van der Waals surface area contributed by atoms with E-state index in [1.807, 2.05) is 19.2 Å². The molecule has 0 unspecified atom stereocenters. The second-order valence-electron chi connectivity index (χ2n) is 8.65. The van der Waals surface area contributed by atoms with Crippen molar-refractivity contribution in [2.75, 3.05) is 32.1 Å². The Kier molecular flexibility index (Phi) is 5.26. The highest BCUT2D eigenvalue weighted by atomic mass is 35.5. The first kappa shape index (κ1) is 20.1. The Morgan fingerprint density at radius 3 is 2.52 bits per heavy atom. The van der Waals surface area contributed by atoms with Crippen LogP contribution in [-0.2, 0) is 5.41 Å². The van der Waals surface area contributed by atoms with Crippen molar-refractivity contribution in [2.45, 2.75) is 38.0 Å². The smallest absolute Gasteiger partial charge is 0.153 e. The summed E-state index contributed by atoms with van der Waals surface area (Å²) >= 11 is 6.33. The van der Waals surface area contributed by atoms with Crippen LogP contribution in [0, 0.1) is 0 Å². The standard InChI is InChI=1S/C24H28ClN3O/c1-24(2)19-14-17(16-10-12-27(4)13-11-16)8-9-22(19)28(23(24)26-3)21-7-5-6-20(25)18(21)15-29/h5-9,14-16H,10-13H2,1-4H3. The summed E-state index contributed by atoms with van der Waals surface area (Å²) in [4.78, 5) is 21.0. The minimum Gasteiger partial charge on any atom is -0.306 e. The molecule has 2 aromatic rings. The van der Waals surface area contributed by atoms with Crippen molar-refractivity contribution in [3.8, 4) is 0 Å². The Labute approximate surface area is 178 Å². The Balaban J connectivity index is 1.83. The second kappa shape index (κ2) is 7.58. The summed E-state index contributed by atoms with van der Waals surface area (Å²) in [7, 11) is 4.01. The van der Waals surface area contributed by atoms with Gasteiger partial charge in [0.05, 0.1) is 22.0 Å². The number of hydrogen-bond acceptors (Lipinski definition) is 3. The third kappa shape index (κ3) is 3.28. The van der Waals surface area contributed by atoms with Crippen LogP contribution in [0.1, 0.15) is 54.1 Å². The van der Waals surface area contributed by atoms with Crippen LogP contribution in [0.4, 0.5) is 11.4 Å². The molecule has 29 heavy (non-hydrogen) atoms. The van der Waals surface area contributed by atoms with Gasteiger partial charge in [-0.05, 0) is 82.1 Å². The number of amidine groups is 1. The number of aliphatic imine (C=N–C) groups is 1. The van der Waals surface area contributed by atoms with E-state index in [2.05, 4.69) is 53.9 Å². The largest absolute Gasteiger partial charge is 0.306 e. The van der Waals surface area contributed by atoms with Crippen molar-refractivity contribution in [2.24, 2.45) is 4.99 Å². The average Bonchev–Trinajstić information content (AvgIpc) is 2.94. The summed E-state index contributed by atoms with van der Waals surface area (Å²) in [5.41, 5.74) is 4.77. The quantitative estimate of drug-likeness (QED) is 0.635. The van der Waals surface area contributed by atoms with Crippen molar-refractivity contribution in [1.82, 2.24) is 4.90 Å². The van der Waals surface area contributed by atoms with Crippen LogP contribution in [0.15, 0.2) is 41.4 Å². The molecule has 4 rings (SSSR count). The van der Waals surface area contributed by atoms with Crippen molar-refractivity contribution >= 4 is 35.1 Å². The molecule has 0 saturated carbocycles. The van der Waals surface area contributed by atoms with Gasteiger partial charge in [-0.3, -0.25) is 14.7 Å². The topological polar surface area (TPSA) is 35.9 Å². The summed E-state index contributed by atoms with van der Waals surface area (Å²) < 4.78 is 0. The highest BCUT2D eigenvalue weighted by molar-refractivity contribution is 6.34. The number of fused-ring (bicyclic) bond motifs is 1. The van der Waals surface area contributed by atoms with Crippen LogP contribution in [0.25, 0.3) is 0 Å². The van der Waals surface area contributed by atoms with E-state index >= 15 is 0 Å². The van der Waals surface area contributed by atoms with E-state index < -0.39 is 0 Å². The van der Waals surface area contributed by atoms with Crippen LogP contribution in [-0.4, -0.2) is 44.2 Å². The highest BCUT2D eigenvalue weighted by Crippen LogP contribution is 2.48. The predicted octanol–water partition coefficient (Wildman–Crippen LogP) is 5.42. The van der Waals surface area contributed by atoms with E-state index in [4.69, 9.17) is 11.6 Å². The number of likely N-dealkylation sites (tertiary alicyclic amines) is 1. The zero-order valence-corrected chi connectivity index (χ0v) is 18.3. The second-order valence-corrected chi connectivity index (χ2v) is 9.06.